The van der Waals surface area contributed by atoms with Gasteiger partial charge in [0.25, 0.3) is 0 Å². The Balaban J connectivity index is 0.000000963. The molecule has 92 valence electrons. The van der Waals surface area contributed by atoms with Gasteiger partial charge in [-0.05, 0) is 43.4 Å². The number of hydrogen-bond acceptors (Lipinski definition) is 2. The minimum absolute atomic E-state index is 0. The van der Waals surface area contributed by atoms with E-state index in [9.17, 15) is 4.79 Å². The van der Waals surface area contributed by atoms with Gasteiger partial charge < -0.3 is 11.1 Å². The van der Waals surface area contributed by atoms with Gasteiger partial charge in [0, 0.05) is 18.5 Å². The number of amides is 1. The number of halogens is 1. The largest absolute Gasteiger partial charge is 0.354 e. The molecule has 0 saturated heterocycles. The van der Waals surface area contributed by atoms with Crippen LogP contribution in [-0.4, -0.2) is 18.5 Å². The number of nitrogens with one attached hydrogen (secondary N) is 1. The van der Waals surface area contributed by atoms with Crippen molar-refractivity contribution in [2.75, 3.05) is 6.54 Å². The number of fused-ring (bicyclic) bond motifs is 1. The fourth-order valence-electron chi connectivity index (χ4n) is 3.24. The van der Waals surface area contributed by atoms with Crippen molar-refractivity contribution in [1.82, 2.24) is 5.32 Å². The van der Waals surface area contributed by atoms with Gasteiger partial charge in [-0.2, -0.15) is 0 Å². The van der Waals surface area contributed by atoms with Crippen LogP contribution in [0.25, 0.3) is 0 Å². The molecular weight excluding hydrogens is 224 g/mol. The fraction of sp³-hybridized carbons (Fsp3) is 0.917. The molecule has 0 aliphatic heterocycles. The fourth-order valence-corrected chi connectivity index (χ4v) is 3.24. The summed E-state index contributed by atoms with van der Waals surface area (Å²) >= 11 is 0. The third-order valence-corrected chi connectivity index (χ3v) is 4.45. The third-order valence-electron chi connectivity index (χ3n) is 4.45. The summed E-state index contributed by atoms with van der Waals surface area (Å²) in [6.07, 6.45) is 6.40. The van der Waals surface area contributed by atoms with Crippen LogP contribution in [0.4, 0.5) is 0 Å². The highest BCUT2D eigenvalue weighted by atomic mass is 35.5. The zero-order chi connectivity index (χ0) is 10.4. The zero-order valence-corrected chi connectivity index (χ0v) is 10.3. The molecule has 1 amide bonds. The van der Waals surface area contributed by atoms with Crippen molar-refractivity contribution in [2.24, 2.45) is 29.4 Å². The number of hydrogen-bond donors (Lipinski definition) is 2. The molecule has 0 aromatic carbocycles. The Bertz CT molecular complexity index is 270. The summed E-state index contributed by atoms with van der Waals surface area (Å²) in [5.74, 6) is 2.76. The quantitative estimate of drug-likeness (QED) is 0.784. The lowest BCUT2D eigenvalue weighted by Crippen LogP contribution is -2.39. The minimum Gasteiger partial charge on any atom is -0.354 e. The number of carbonyl (C=O) groups is 1. The van der Waals surface area contributed by atoms with Crippen LogP contribution in [0.15, 0.2) is 0 Å². The molecule has 4 heteroatoms. The normalized spacial score (nSPS) is 37.2. The molecule has 3 aliphatic rings. The Morgan fingerprint density at radius 1 is 1.25 bits per heavy atom. The van der Waals surface area contributed by atoms with Crippen LogP contribution in [0.2, 0.25) is 0 Å². The molecule has 3 fully saturated rings. The Labute approximate surface area is 103 Å². The van der Waals surface area contributed by atoms with Gasteiger partial charge in [0.2, 0.25) is 5.91 Å². The van der Waals surface area contributed by atoms with Gasteiger partial charge in [0.1, 0.15) is 0 Å². The zero-order valence-electron chi connectivity index (χ0n) is 9.52. The second-order valence-corrected chi connectivity index (χ2v) is 5.53. The van der Waals surface area contributed by atoms with E-state index in [4.69, 9.17) is 5.73 Å². The van der Waals surface area contributed by atoms with Crippen molar-refractivity contribution < 1.29 is 4.79 Å². The Kier molecular flexibility index (Phi) is 3.45. The predicted octanol–water partition coefficient (Wildman–Crippen LogP) is 1.31. The lowest BCUT2D eigenvalue weighted by Gasteiger charge is -2.12. The number of carbonyl (C=O) groups excluding carboxylic acids is 1. The van der Waals surface area contributed by atoms with Gasteiger partial charge in [-0.3, -0.25) is 4.79 Å². The van der Waals surface area contributed by atoms with Gasteiger partial charge in [0.15, 0.2) is 0 Å². The minimum atomic E-state index is 0. The molecule has 0 heterocycles. The Hall–Kier alpha value is -0.280. The van der Waals surface area contributed by atoms with Crippen LogP contribution in [0, 0.1) is 23.7 Å². The molecule has 3 nitrogen and oxygen atoms in total. The van der Waals surface area contributed by atoms with E-state index in [1.165, 1.54) is 32.1 Å². The van der Waals surface area contributed by atoms with Gasteiger partial charge >= 0.3 is 0 Å². The number of rotatable bonds is 4. The van der Waals surface area contributed by atoms with Gasteiger partial charge in [-0.25, -0.2) is 0 Å². The average Bonchev–Trinajstić information content (AvgIpc) is 3.14. The topological polar surface area (TPSA) is 55.1 Å². The van der Waals surface area contributed by atoms with Crippen molar-refractivity contribution in [3.05, 3.63) is 0 Å². The highest BCUT2D eigenvalue weighted by Gasteiger charge is 2.56. The van der Waals surface area contributed by atoms with E-state index in [0.717, 1.165) is 11.8 Å². The maximum absolute atomic E-state index is 11.8. The number of nitrogens with two attached hydrogens (primary N) is 1. The first-order valence-electron chi connectivity index (χ1n) is 6.30. The second kappa shape index (κ2) is 4.53. The van der Waals surface area contributed by atoms with Gasteiger partial charge in [0.05, 0.1) is 0 Å². The molecular formula is C12H21ClN2O. The molecule has 0 spiro atoms. The second-order valence-electron chi connectivity index (χ2n) is 5.53. The molecule has 0 aromatic rings. The van der Waals surface area contributed by atoms with E-state index in [1.54, 1.807) is 0 Å². The van der Waals surface area contributed by atoms with Crippen LogP contribution < -0.4 is 11.1 Å². The molecule has 0 bridgehead atoms. The first kappa shape index (κ1) is 12.2. The molecule has 16 heavy (non-hydrogen) atoms. The molecule has 3 aliphatic carbocycles. The Morgan fingerprint density at radius 2 is 1.88 bits per heavy atom. The highest BCUT2D eigenvalue weighted by Crippen LogP contribution is 2.57. The van der Waals surface area contributed by atoms with Crippen LogP contribution in [0.1, 0.15) is 32.1 Å². The summed E-state index contributed by atoms with van der Waals surface area (Å²) in [7, 11) is 0. The summed E-state index contributed by atoms with van der Waals surface area (Å²) in [4.78, 5) is 11.8. The molecule has 3 rings (SSSR count). The third kappa shape index (κ3) is 2.21. The summed E-state index contributed by atoms with van der Waals surface area (Å²) in [5.41, 5.74) is 5.95. The predicted molar refractivity (Wildman–Crippen MR) is 65.3 cm³/mol. The molecule has 3 N–H and O–H groups in total. The standard InChI is InChI=1S/C12H20N2O.ClH/c13-10(7-4-5-7)6-14-12(15)11-8-2-1-3-9(8)11;/h7-11H,1-6,13H2,(H,14,15);1H. The van der Waals surface area contributed by atoms with E-state index in [0.29, 0.717) is 18.4 Å². The van der Waals surface area contributed by atoms with Crippen molar-refractivity contribution >= 4 is 18.3 Å². The summed E-state index contributed by atoms with van der Waals surface area (Å²) in [5, 5.41) is 3.03. The highest BCUT2D eigenvalue weighted by molar-refractivity contribution is 5.85. The van der Waals surface area contributed by atoms with Gasteiger partial charge in [-0.15, -0.1) is 12.4 Å². The molecule has 3 unspecified atom stereocenters. The van der Waals surface area contributed by atoms with E-state index in [2.05, 4.69) is 5.32 Å². The first-order valence-corrected chi connectivity index (χ1v) is 6.30. The smallest absolute Gasteiger partial charge is 0.223 e. The molecule has 3 atom stereocenters. The average molecular weight is 245 g/mol. The summed E-state index contributed by atoms with van der Waals surface area (Å²) < 4.78 is 0. The first-order chi connectivity index (χ1) is 7.27. The van der Waals surface area contributed by atoms with Crippen molar-refractivity contribution in [2.45, 2.75) is 38.1 Å². The van der Waals surface area contributed by atoms with Crippen LogP contribution in [-0.2, 0) is 4.79 Å². The Morgan fingerprint density at radius 3 is 2.44 bits per heavy atom. The van der Waals surface area contributed by atoms with E-state index >= 15 is 0 Å². The lowest BCUT2D eigenvalue weighted by atomic mass is 10.1. The molecule has 0 aromatic heterocycles. The van der Waals surface area contributed by atoms with E-state index in [1.807, 2.05) is 0 Å². The SMILES string of the molecule is Cl.NC(CNC(=O)C1C2CCCC21)C1CC1. The van der Waals surface area contributed by atoms with Gasteiger partial charge in [-0.1, -0.05) is 6.42 Å². The lowest BCUT2D eigenvalue weighted by molar-refractivity contribution is -0.123. The molecule has 3 saturated carbocycles. The van der Waals surface area contributed by atoms with Crippen molar-refractivity contribution in [1.29, 1.82) is 0 Å². The van der Waals surface area contributed by atoms with Crippen LogP contribution in [0.3, 0.4) is 0 Å². The van der Waals surface area contributed by atoms with Crippen molar-refractivity contribution in [3.8, 4) is 0 Å². The summed E-state index contributed by atoms with van der Waals surface area (Å²) in [6, 6.07) is 0.201. The maximum atomic E-state index is 11.8. The van der Waals surface area contributed by atoms with Crippen molar-refractivity contribution in [3.63, 3.8) is 0 Å². The van der Waals surface area contributed by atoms with Crippen LogP contribution in [0.5, 0.6) is 0 Å². The maximum Gasteiger partial charge on any atom is 0.223 e. The summed E-state index contributed by atoms with van der Waals surface area (Å²) in [6.45, 7) is 0.694. The van der Waals surface area contributed by atoms with E-state index < -0.39 is 0 Å². The van der Waals surface area contributed by atoms with Crippen LogP contribution >= 0.6 is 12.4 Å². The molecule has 0 radical (unpaired) electrons. The monoisotopic (exact) mass is 244 g/mol. The van der Waals surface area contributed by atoms with E-state index in [-0.39, 0.29) is 24.4 Å².